The highest BCUT2D eigenvalue weighted by atomic mass is 16.7. The normalized spacial score (nSPS) is 25.5. The molecule has 2 aromatic heterocycles. The average Bonchev–Trinajstić information content (AvgIpc) is 3.45. The maximum Gasteiger partial charge on any atom is 0.494 e. The van der Waals surface area contributed by atoms with Gasteiger partial charge in [-0.05, 0) is 75.8 Å². The second kappa shape index (κ2) is 7.37. The van der Waals surface area contributed by atoms with Gasteiger partial charge in [-0.2, -0.15) is 5.10 Å². The first kappa shape index (κ1) is 20.8. The molecular formula is C26H29BN4O2. The predicted octanol–water partition coefficient (Wildman–Crippen LogP) is 3.89. The molecule has 0 bridgehead atoms. The van der Waals surface area contributed by atoms with E-state index in [9.17, 15) is 0 Å². The Morgan fingerprint density at radius 2 is 1.79 bits per heavy atom. The highest BCUT2D eigenvalue weighted by Crippen LogP contribution is 2.41. The topological polar surface area (TPSA) is 59.8 Å². The van der Waals surface area contributed by atoms with Crippen LogP contribution in [0, 0.1) is 0 Å². The molecule has 0 aliphatic carbocycles. The number of hydrogen-bond acceptors (Lipinski definition) is 6. The van der Waals surface area contributed by atoms with Gasteiger partial charge in [0.05, 0.1) is 40.1 Å². The zero-order chi connectivity index (χ0) is 22.8. The highest BCUT2D eigenvalue weighted by Gasteiger charge is 2.51. The Balaban J connectivity index is 1.41. The molecule has 2 unspecified atom stereocenters. The zero-order valence-corrected chi connectivity index (χ0v) is 19.7. The van der Waals surface area contributed by atoms with Crippen LogP contribution in [0.3, 0.4) is 0 Å². The molecule has 7 heteroatoms. The molecule has 0 radical (unpaired) electrons. The van der Waals surface area contributed by atoms with Crippen molar-refractivity contribution in [3.05, 3.63) is 66.1 Å². The molecule has 3 aliphatic rings. The first-order valence-electron chi connectivity index (χ1n) is 11.8. The summed E-state index contributed by atoms with van der Waals surface area (Å²) in [5, 5.41) is 8.44. The highest BCUT2D eigenvalue weighted by molar-refractivity contribution is 6.62. The van der Waals surface area contributed by atoms with E-state index in [1.54, 1.807) is 0 Å². The van der Waals surface area contributed by atoms with Gasteiger partial charge in [0.25, 0.3) is 0 Å². The summed E-state index contributed by atoms with van der Waals surface area (Å²) in [6, 6.07) is 15.0. The Hall–Kier alpha value is -2.77. The molecular weight excluding hydrogens is 411 g/mol. The summed E-state index contributed by atoms with van der Waals surface area (Å²) in [5.74, 6) is 0.176. The Bertz CT molecular complexity index is 1230. The number of nitrogens with zero attached hydrogens (tertiary/aromatic N) is 4. The third-order valence-electron chi connectivity index (χ3n) is 7.77. The lowest BCUT2D eigenvalue weighted by molar-refractivity contribution is 0.00578. The number of pyridine rings is 2. The molecule has 3 aromatic rings. The molecule has 3 aliphatic heterocycles. The molecule has 0 saturated carbocycles. The molecule has 6 rings (SSSR count). The van der Waals surface area contributed by atoms with E-state index in [4.69, 9.17) is 19.4 Å². The molecule has 1 aromatic carbocycles. The number of hydrogen-bond donors (Lipinski definition) is 0. The van der Waals surface area contributed by atoms with Crippen molar-refractivity contribution in [1.82, 2.24) is 15.0 Å². The summed E-state index contributed by atoms with van der Waals surface area (Å²) < 4.78 is 12.6. The van der Waals surface area contributed by atoms with Gasteiger partial charge in [0.15, 0.2) is 0 Å². The molecule has 2 saturated heterocycles. The molecule has 5 heterocycles. The Kier molecular flexibility index (Phi) is 4.65. The Morgan fingerprint density at radius 1 is 0.970 bits per heavy atom. The quantitative estimate of drug-likeness (QED) is 0.579. The summed E-state index contributed by atoms with van der Waals surface area (Å²) in [4.78, 5) is 9.35. The van der Waals surface area contributed by atoms with E-state index in [1.807, 2.05) is 24.5 Å². The lowest BCUT2D eigenvalue weighted by Crippen LogP contribution is -2.41. The first-order valence-corrected chi connectivity index (χ1v) is 11.8. The van der Waals surface area contributed by atoms with Crippen LogP contribution < -0.4 is 5.46 Å². The van der Waals surface area contributed by atoms with Gasteiger partial charge in [0.2, 0.25) is 0 Å². The minimum absolute atomic E-state index is 0.176. The lowest BCUT2D eigenvalue weighted by atomic mass is 9.77. The summed E-state index contributed by atoms with van der Waals surface area (Å²) >= 11 is 0. The molecule has 6 nitrogen and oxygen atoms in total. The SMILES string of the molecule is CC1(C)OB(c2ccc3c(C4C(c5ccccn5)=NN5CCCC45)ccnc3c2)OC1(C)C. The predicted molar refractivity (Wildman–Crippen MR) is 131 cm³/mol. The number of hydrazone groups is 1. The van der Waals surface area contributed by atoms with Crippen LogP contribution in [-0.4, -0.2) is 51.6 Å². The summed E-state index contributed by atoms with van der Waals surface area (Å²) in [6.07, 6.45) is 6.08. The van der Waals surface area contributed by atoms with E-state index in [2.05, 4.69) is 68.0 Å². The molecule has 168 valence electrons. The van der Waals surface area contributed by atoms with Gasteiger partial charge in [0.1, 0.15) is 0 Å². The van der Waals surface area contributed by atoms with Crippen molar-refractivity contribution in [2.75, 3.05) is 6.54 Å². The van der Waals surface area contributed by atoms with Gasteiger partial charge in [-0.15, -0.1) is 0 Å². The third-order valence-corrected chi connectivity index (χ3v) is 7.77. The number of aromatic nitrogens is 2. The van der Waals surface area contributed by atoms with Gasteiger partial charge < -0.3 is 9.31 Å². The van der Waals surface area contributed by atoms with Crippen LogP contribution in [0.1, 0.15) is 57.7 Å². The Morgan fingerprint density at radius 3 is 2.55 bits per heavy atom. The average molecular weight is 440 g/mol. The number of rotatable bonds is 3. The largest absolute Gasteiger partial charge is 0.494 e. The smallest absolute Gasteiger partial charge is 0.399 e. The van der Waals surface area contributed by atoms with Crippen molar-refractivity contribution in [1.29, 1.82) is 0 Å². The maximum absolute atomic E-state index is 6.28. The standard InChI is InChI=1S/C26H29BN4O2/c1-25(2)26(3,4)33-27(32-25)17-10-11-18-19(12-14-29-21(18)16-17)23-22-9-7-15-31(22)30-24(23)20-8-5-6-13-28-20/h5-6,8,10-14,16,22-23H,7,9,15H2,1-4H3. The van der Waals surface area contributed by atoms with E-state index < -0.39 is 7.12 Å². The lowest BCUT2D eigenvalue weighted by Gasteiger charge is -2.32. The fraction of sp³-hybridized carbons (Fsp3) is 0.423. The molecule has 0 spiro atoms. The van der Waals surface area contributed by atoms with Crippen molar-refractivity contribution in [2.45, 2.75) is 63.7 Å². The number of benzene rings is 1. The van der Waals surface area contributed by atoms with Crippen molar-refractivity contribution in [2.24, 2.45) is 5.10 Å². The second-order valence-electron chi connectivity index (χ2n) is 10.3. The van der Waals surface area contributed by atoms with Crippen LogP contribution in [0.5, 0.6) is 0 Å². The fourth-order valence-electron chi connectivity index (χ4n) is 5.29. The van der Waals surface area contributed by atoms with Gasteiger partial charge >= 0.3 is 7.12 Å². The summed E-state index contributed by atoms with van der Waals surface area (Å²) in [5.41, 5.74) is 4.49. The summed E-state index contributed by atoms with van der Waals surface area (Å²) in [6.45, 7) is 9.33. The molecule has 33 heavy (non-hydrogen) atoms. The van der Waals surface area contributed by atoms with E-state index in [1.165, 1.54) is 12.0 Å². The van der Waals surface area contributed by atoms with E-state index in [0.29, 0.717) is 6.04 Å². The Labute approximate surface area is 195 Å². The van der Waals surface area contributed by atoms with Gasteiger partial charge in [-0.3, -0.25) is 15.0 Å². The van der Waals surface area contributed by atoms with E-state index in [-0.39, 0.29) is 17.1 Å². The van der Waals surface area contributed by atoms with E-state index in [0.717, 1.165) is 40.7 Å². The first-order chi connectivity index (χ1) is 15.8. The van der Waals surface area contributed by atoms with E-state index >= 15 is 0 Å². The van der Waals surface area contributed by atoms with Crippen molar-refractivity contribution >= 4 is 29.2 Å². The van der Waals surface area contributed by atoms with Crippen LogP contribution >= 0.6 is 0 Å². The minimum Gasteiger partial charge on any atom is -0.399 e. The van der Waals surface area contributed by atoms with Gasteiger partial charge in [0, 0.05) is 24.3 Å². The maximum atomic E-state index is 6.28. The van der Waals surface area contributed by atoms with Crippen molar-refractivity contribution < 1.29 is 9.31 Å². The summed E-state index contributed by atoms with van der Waals surface area (Å²) in [7, 11) is -0.396. The van der Waals surface area contributed by atoms with Crippen LogP contribution in [-0.2, 0) is 9.31 Å². The van der Waals surface area contributed by atoms with Crippen LogP contribution in [0.4, 0.5) is 0 Å². The van der Waals surface area contributed by atoms with Crippen molar-refractivity contribution in [3.8, 4) is 0 Å². The second-order valence-corrected chi connectivity index (χ2v) is 10.3. The van der Waals surface area contributed by atoms with Gasteiger partial charge in [-0.1, -0.05) is 18.2 Å². The molecule has 2 fully saturated rings. The van der Waals surface area contributed by atoms with Crippen LogP contribution in [0.15, 0.2) is 60.0 Å². The van der Waals surface area contributed by atoms with Crippen molar-refractivity contribution in [3.63, 3.8) is 0 Å². The number of fused-ring (bicyclic) bond motifs is 2. The molecule has 2 atom stereocenters. The molecule has 0 N–H and O–H groups in total. The monoisotopic (exact) mass is 440 g/mol. The van der Waals surface area contributed by atoms with Crippen LogP contribution in [0.2, 0.25) is 0 Å². The van der Waals surface area contributed by atoms with Gasteiger partial charge in [-0.25, -0.2) is 0 Å². The fourth-order valence-corrected chi connectivity index (χ4v) is 5.29. The third kappa shape index (κ3) is 3.29. The molecule has 0 amide bonds. The zero-order valence-electron chi connectivity index (χ0n) is 19.7. The van der Waals surface area contributed by atoms with Crippen LogP contribution in [0.25, 0.3) is 10.9 Å². The minimum atomic E-state index is -0.396.